The maximum atomic E-state index is 12.9. The van der Waals surface area contributed by atoms with E-state index in [1.165, 1.54) is 6.07 Å². The second-order valence-electron chi connectivity index (χ2n) is 2.82. The van der Waals surface area contributed by atoms with Gasteiger partial charge in [0.1, 0.15) is 5.75 Å². The molecule has 1 aromatic rings. The summed E-state index contributed by atoms with van der Waals surface area (Å²) in [5.74, 6) is -3.18. The van der Waals surface area contributed by atoms with E-state index in [0.29, 0.717) is 12.4 Å². The first-order valence-corrected chi connectivity index (χ1v) is 4.66. The maximum Gasteiger partial charge on any atom is 0.327 e. The highest BCUT2D eigenvalue weighted by Gasteiger charge is 2.31. The van der Waals surface area contributed by atoms with Crippen molar-refractivity contribution in [3.05, 3.63) is 28.8 Å². The lowest BCUT2D eigenvalue weighted by atomic mass is 10.1. The smallest absolute Gasteiger partial charge is 0.327 e. The minimum atomic E-state index is -3.51. The number of carbonyl (C=O) groups is 1. The molecule has 0 fully saturated rings. The van der Waals surface area contributed by atoms with Gasteiger partial charge >= 0.3 is 5.92 Å². The monoisotopic (exact) mass is 234 g/mol. The zero-order valence-corrected chi connectivity index (χ0v) is 8.72. The molecule has 0 spiro atoms. The van der Waals surface area contributed by atoms with Gasteiger partial charge < -0.3 is 4.74 Å². The van der Waals surface area contributed by atoms with Crippen LogP contribution in [-0.2, 0) is 10.7 Å². The summed E-state index contributed by atoms with van der Waals surface area (Å²) in [6.07, 6.45) is -0.418. The Morgan fingerprint density at radius 1 is 1.53 bits per heavy atom. The van der Waals surface area contributed by atoms with Crippen LogP contribution in [0.2, 0.25) is 5.02 Å². The summed E-state index contributed by atoms with van der Waals surface area (Å²) in [4.78, 5) is 10.1. The molecule has 0 aliphatic rings. The number of carbonyl (C=O) groups excluding carboxylic acids is 1. The second-order valence-corrected chi connectivity index (χ2v) is 3.23. The minimum Gasteiger partial charge on any atom is -0.492 e. The Morgan fingerprint density at radius 2 is 2.20 bits per heavy atom. The molecule has 2 nitrogen and oxygen atoms in total. The fourth-order valence-electron chi connectivity index (χ4n) is 1.05. The first kappa shape index (κ1) is 11.9. The Labute approximate surface area is 90.8 Å². The quantitative estimate of drug-likeness (QED) is 0.749. The molecule has 0 saturated heterocycles. The molecule has 0 radical (unpaired) electrons. The number of alkyl halides is 2. The zero-order valence-electron chi connectivity index (χ0n) is 7.97. The molecule has 1 rings (SSSR count). The van der Waals surface area contributed by atoms with Crippen LogP contribution in [0.1, 0.15) is 12.5 Å². The minimum absolute atomic E-state index is 0.0656. The predicted octanol–water partition coefficient (Wildman–Crippen LogP) is 3.03. The molecule has 1 aromatic carbocycles. The van der Waals surface area contributed by atoms with Gasteiger partial charge in [0.15, 0.2) is 6.29 Å². The van der Waals surface area contributed by atoms with Gasteiger partial charge in [0.2, 0.25) is 0 Å². The Bertz CT molecular complexity index is 366. The predicted molar refractivity (Wildman–Crippen MR) is 52.6 cm³/mol. The molecule has 0 aliphatic heterocycles. The molecule has 0 aliphatic carbocycles. The molecule has 0 saturated carbocycles. The van der Waals surface area contributed by atoms with Crippen molar-refractivity contribution < 1.29 is 18.3 Å². The molecule has 0 unspecified atom stereocenters. The van der Waals surface area contributed by atoms with Gasteiger partial charge in [-0.1, -0.05) is 11.6 Å². The average molecular weight is 235 g/mol. The topological polar surface area (TPSA) is 26.3 Å². The van der Waals surface area contributed by atoms with Crippen molar-refractivity contribution in [2.24, 2.45) is 0 Å². The Balaban J connectivity index is 3.06. The van der Waals surface area contributed by atoms with Crippen LogP contribution in [0.5, 0.6) is 5.75 Å². The highest BCUT2D eigenvalue weighted by molar-refractivity contribution is 6.32. The molecule has 0 amide bonds. The summed E-state index contributed by atoms with van der Waals surface area (Å²) in [6, 6.07) is 3.46. The lowest BCUT2D eigenvalue weighted by Crippen LogP contribution is -2.14. The highest BCUT2D eigenvalue weighted by Crippen LogP contribution is 2.32. The molecule has 0 N–H and O–H groups in total. The van der Waals surface area contributed by atoms with Gasteiger partial charge in [-0.05, 0) is 25.1 Å². The SMILES string of the molecule is CCOc1ccc(C(F)(F)C=O)cc1Cl. The van der Waals surface area contributed by atoms with Gasteiger partial charge in [-0.2, -0.15) is 8.78 Å². The second kappa shape index (κ2) is 4.57. The number of hydrogen-bond donors (Lipinski definition) is 0. The third-order valence-electron chi connectivity index (χ3n) is 1.76. The Hall–Kier alpha value is -1.16. The van der Waals surface area contributed by atoms with Crippen molar-refractivity contribution in [2.75, 3.05) is 6.61 Å². The van der Waals surface area contributed by atoms with E-state index in [0.717, 1.165) is 12.1 Å². The normalized spacial score (nSPS) is 11.2. The molecular formula is C10H9ClF2O2. The summed E-state index contributed by atoms with van der Waals surface area (Å²) in [7, 11) is 0. The number of halogens is 3. The molecule has 0 atom stereocenters. The Kier molecular flexibility index (Phi) is 3.63. The van der Waals surface area contributed by atoms with E-state index < -0.39 is 17.8 Å². The summed E-state index contributed by atoms with van der Waals surface area (Å²) in [5, 5.41) is 0.0656. The van der Waals surface area contributed by atoms with E-state index in [2.05, 4.69) is 0 Å². The van der Waals surface area contributed by atoms with Crippen LogP contribution in [-0.4, -0.2) is 12.9 Å². The maximum absolute atomic E-state index is 12.9. The van der Waals surface area contributed by atoms with Crippen molar-refractivity contribution in [3.8, 4) is 5.75 Å². The number of benzene rings is 1. The van der Waals surface area contributed by atoms with E-state index in [9.17, 15) is 13.6 Å². The van der Waals surface area contributed by atoms with Gasteiger partial charge in [-0.3, -0.25) is 4.79 Å². The number of rotatable bonds is 4. The average Bonchev–Trinajstić information content (AvgIpc) is 2.21. The van der Waals surface area contributed by atoms with Crippen LogP contribution in [0.3, 0.4) is 0 Å². The lowest BCUT2D eigenvalue weighted by Gasteiger charge is -2.11. The third kappa shape index (κ3) is 2.65. The third-order valence-corrected chi connectivity index (χ3v) is 2.06. The Morgan fingerprint density at radius 3 is 2.67 bits per heavy atom. The van der Waals surface area contributed by atoms with Crippen LogP contribution in [0.4, 0.5) is 8.78 Å². The van der Waals surface area contributed by atoms with Crippen molar-refractivity contribution >= 4 is 17.9 Å². The van der Waals surface area contributed by atoms with Crippen LogP contribution < -0.4 is 4.74 Å². The molecule has 82 valence electrons. The number of hydrogen-bond acceptors (Lipinski definition) is 2. The van der Waals surface area contributed by atoms with Crippen LogP contribution in [0.15, 0.2) is 18.2 Å². The summed E-state index contributed by atoms with van der Waals surface area (Å²) in [6.45, 7) is 2.15. The number of ether oxygens (including phenoxy) is 1. The van der Waals surface area contributed by atoms with Crippen molar-refractivity contribution in [1.29, 1.82) is 0 Å². The molecular weight excluding hydrogens is 226 g/mol. The summed E-state index contributed by atoms with van der Waals surface area (Å²) >= 11 is 5.70. The zero-order chi connectivity index (χ0) is 11.5. The lowest BCUT2D eigenvalue weighted by molar-refractivity contribution is -0.130. The molecule has 5 heteroatoms. The van der Waals surface area contributed by atoms with Crippen LogP contribution in [0, 0.1) is 0 Å². The fourth-order valence-corrected chi connectivity index (χ4v) is 1.28. The fraction of sp³-hybridized carbons (Fsp3) is 0.300. The summed E-state index contributed by atoms with van der Waals surface area (Å²) in [5.41, 5.74) is -0.439. The first-order chi connectivity index (χ1) is 7.01. The van der Waals surface area contributed by atoms with Crippen molar-refractivity contribution in [3.63, 3.8) is 0 Å². The molecule has 0 aromatic heterocycles. The van der Waals surface area contributed by atoms with Gasteiger partial charge in [0.05, 0.1) is 11.6 Å². The van der Waals surface area contributed by atoms with E-state index in [-0.39, 0.29) is 5.02 Å². The van der Waals surface area contributed by atoms with Crippen molar-refractivity contribution in [1.82, 2.24) is 0 Å². The molecule has 0 bridgehead atoms. The van der Waals surface area contributed by atoms with Gasteiger partial charge in [-0.15, -0.1) is 0 Å². The van der Waals surface area contributed by atoms with Gasteiger partial charge in [0, 0.05) is 5.56 Å². The highest BCUT2D eigenvalue weighted by atomic mass is 35.5. The van der Waals surface area contributed by atoms with Gasteiger partial charge in [-0.25, -0.2) is 0 Å². The van der Waals surface area contributed by atoms with E-state index in [1.807, 2.05) is 0 Å². The van der Waals surface area contributed by atoms with Crippen molar-refractivity contribution in [2.45, 2.75) is 12.8 Å². The summed E-state index contributed by atoms with van der Waals surface area (Å²) < 4.78 is 30.9. The standard InChI is InChI=1S/C10H9ClF2O2/c1-2-15-9-4-3-7(5-8(9)11)10(12,13)6-14/h3-6H,2H2,1H3. The molecule has 15 heavy (non-hydrogen) atoms. The van der Waals surface area contributed by atoms with E-state index in [4.69, 9.17) is 16.3 Å². The van der Waals surface area contributed by atoms with Gasteiger partial charge in [0.25, 0.3) is 0 Å². The van der Waals surface area contributed by atoms with Crippen LogP contribution >= 0.6 is 11.6 Å². The van der Waals surface area contributed by atoms with E-state index in [1.54, 1.807) is 6.92 Å². The van der Waals surface area contributed by atoms with Crippen LogP contribution in [0.25, 0.3) is 0 Å². The largest absolute Gasteiger partial charge is 0.492 e. The molecule has 0 heterocycles. The first-order valence-electron chi connectivity index (χ1n) is 4.28. The van der Waals surface area contributed by atoms with E-state index >= 15 is 0 Å². The number of aldehydes is 1.